The van der Waals surface area contributed by atoms with Gasteiger partial charge in [0, 0.05) is 16.6 Å². The molecule has 0 aromatic heterocycles. The summed E-state index contributed by atoms with van der Waals surface area (Å²) in [5.41, 5.74) is 3.34. The molecule has 0 saturated heterocycles. The first-order valence-electron chi connectivity index (χ1n) is 5.32. The highest BCUT2D eigenvalue weighted by atomic mass is 79.9. The van der Waals surface area contributed by atoms with Gasteiger partial charge in [0.05, 0.1) is 17.3 Å². The minimum atomic E-state index is 0.139. The number of rotatable bonds is 3. The van der Waals surface area contributed by atoms with E-state index < -0.39 is 0 Å². The van der Waals surface area contributed by atoms with Crippen LogP contribution in [-0.2, 0) is 0 Å². The summed E-state index contributed by atoms with van der Waals surface area (Å²) >= 11 is 6.87. The molecular weight excluding hydrogens is 364 g/mol. The van der Waals surface area contributed by atoms with E-state index in [0.29, 0.717) is 5.96 Å². The maximum atomic E-state index is 5.42. The highest BCUT2D eigenvalue weighted by molar-refractivity contribution is 9.11. The summed E-state index contributed by atoms with van der Waals surface area (Å²) in [5, 5.41) is 3.10. The van der Waals surface area contributed by atoms with Crippen LogP contribution in [0.3, 0.4) is 0 Å². The standard InChI is InChI=1S/C11H16Br2N4O/c1-6(2)15-11(17-14)16-9-5-10(18-3)8(13)4-7(9)12/h4-6H,14H2,1-3H3,(H2,15,16,17). The molecule has 0 fully saturated rings. The second-order valence-corrected chi connectivity index (χ2v) is 5.52. The first-order chi connectivity index (χ1) is 8.47. The summed E-state index contributed by atoms with van der Waals surface area (Å²) in [7, 11) is 1.61. The van der Waals surface area contributed by atoms with Crippen molar-refractivity contribution < 1.29 is 4.74 Å². The predicted molar refractivity (Wildman–Crippen MR) is 81.9 cm³/mol. The van der Waals surface area contributed by atoms with Crippen molar-refractivity contribution in [2.75, 3.05) is 12.4 Å². The van der Waals surface area contributed by atoms with Gasteiger partial charge in [-0.3, -0.25) is 5.43 Å². The highest BCUT2D eigenvalue weighted by Gasteiger charge is 2.09. The Morgan fingerprint density at radius 3 is 2.50 bits per heavy atom. The average Bonchev–Trinajstić information content (AvgIpc) is 2.30. The van der Waals surface area contributed by atoms with Crippen LogP contribution in [0.1, 0.15) is 13.8 Å². The maximum Gasteiger partial charge on any atom is 0.210 e. The van der Waals surface area contributed by atoms with Gasteiger partial charge in [-0.05, 0) is 51.8 Å². The molecule has 1 aromatic carbocycles. The Balaban J connectivity index is 3.03. The van der Waals surface area contributed by atoms with E-state index in [-0.39, 0.29) is 6.04 Å². The predicted octanol–water partition coefficient (Wildman–Crippen LogP) is 2.86. The third-order valence-electron chi connectivity index (χ3n) is 2.02. The van der Waals surface area contributed by atoms with Crippen LogP contribution >= 0.6 is 31.9 Å². The second-order valence-electron chi connectivity index (χ2n) is 3.81. The number of guanidine groups is 1. The molecule has 0 aliphatic carbocycles. The Hall–Kier alpha value is -0.790. The fraction of sp³-hybridized carbons (Fsp3) is 0.364. The topological polar surface area (TPSA) is 71.7 Å². The number of anilines is 1. The SMILES string of the molecule is COc1cc(NC(=NC(C)C)NN)c(Br)cc1Br. The number of hydrogen-bond donors (Lipinski definition) is 3. The molecule has 0 heterocycles. The molecule has 7 heteroatoms. The van der Waals surface area contributed by atoms with Gasteiger partial charge in [0.2, 0.25) is 5.96 Å². The lowest BCUT2D eigenvalue weighted by Gasteiger charge is -2.14. The van der Waals surface area contributed by atoms with E-state index in [1.165, 1.54) is 0 Å². The number of nitrogens with one attached hydrogen (secondary N) is 2. The summed E-state index contributed by atoms with van der Waals surface area (Å²) < 4.78 is 6.98. The van der Waals surface area contributed by atoms with Gasteiger partial charge in [0.25, 0.3) is 0 Å². The zero-order valence-corrected chi connectivity index (χ0v) is 13.6. The van der Waals surface area contributed by atoms with Gasteiger partial charge < -0.3 is 10.1 Å². The first kappa shape index (κ1) is 15.3. The molecule has 0 radical (unpaired) electrons. The van der Waals surface area contributed by atoms with Crippen molar-refractivity contribution in [3.63, 3.8) is 0 Å². The van der Waals surface area contributed by atoms with Crippen LogP contribution in [0.4, 0.5) is 5.69 Å². The Morgan fingerprint density at radius 1 is 1.33 bits per heavy atom. The number of aliphatic imine (C=N–C) groups is 1. The summed E-state index contributed by atoms with van der Waals surface area (Å²) in [6.45, 7) is 3.94. The van der Waals surface area contributed by atoms with Crippen molar-refractivity contribution in [1.82, 2.24) is 5.43 Å². The fourth-order valence-electron chi connectivity index (χ4n) is 1.27. The molecule has 4 N–H and O–H groups in total. The molecule has 0 unspecified atom stereocenters. The number of methoxy groups -OCH3 is 1. The zero-order chi connectivity index (χ0) is 13.7. The van der Waals surface area contributed by atoms with Crippen molar-refractivity contribution in [1.29, 1.82) is 0 Å². The largest absolute Gasteiger partial charge is 0.495 e. The van der Waals surface area contributed by atoms with Gasteiger partial charge in [-0.1, -0.05) is 0 Å². The van der Waals surface area contributed by atoms with E-state index in [4.69, 9.17) is 10.6 Å². The minimum Gasteiger partial charge on any atom is -0.495 e. The van der Waals surface area contributed by atoms with Gasteiger partial charge in [-0.25, -0.2) is 10.8 Å². The molecule has 0 bridgehead atoms. The number of halogens is 2. The smallest absolute Gasteiger partial charge is 0.210 e. The van der Waals surface area contributed by atoms with Crippen molar-refractivity contribution in [3.05, 3.63) is 21.1 Å². The number of benzene rings is 1. The van der Waals surface area contributed by atoms with Crippen molar-refractivity contribution >= 4 is 43.5 Å². The highest BCUT2D eigenvalue weighted by Crippen LogP contribution is 2.34. The third-order valence-corrected chi connectivity index (χ3v) is 3.29. The zero-order valence-electron chi connectivity index (χ0n) is 10.4. The average molecular weight is 380 g/mol. The molecule has 5 nitrogen and oxygen atoms in total. The number of ether oxygens (including phenoxy) is 1. The van der Waals surface area contributed by atoms with Gasteiger partial charge in [-0.15, -0.1) is 0 Å². The lowest BCUT2D eigenvalue weighted by molar-refractivity contribution is 0.412. The van der Waals surface area contributed by atoms with E-state index in [1.807, 2.05) is 26.0 Å². The molecular formula is C11H16Br2N4O. The summed E-state index contributed by atoms with van der Waals surface area (Å²) in [5.74, 6) is 6.64. The van der Waals surface area contributed by atoms with Gasteiger partial charge in [-0.2, -0.15) is 0 Å². The number of hydrazine groups is 1. The Kier molecular flexibility index (Phi) is 5.90. The quantitative estimate of drug-likeness (QED) is 0.327. The molecule has 0 aliphatic rings. The fourth-order valence-corrected chi connectivity index (χ4v) is 2.53. The molecule has 0 spiro atoms. The van der Waals surface area contributed by atoms with Gasteiger partial charge >= 0.3 is 0 Å². The minimum absolute atomic E-state index is 0.139. The first-order valence-corrected chi connectivity index (χ1v) is 6.91. The van der Waals surface area contributed by atoms with E-state index in [0.717, 1.165) is 20.4 Å². The van der Waals surface area contributed by atoms with Crippen LogP contribution in [0.5, 0.6) is 5.75 Å². The normalized spacial score (nSPS) is 11.6. The summed E-state index contributed by atoms with van der Waals surface area (Å²) in [6.07, 6.45) is 0. The Labute approximate surface area is 123 Å². The van der Waals surface area contributed by atoms with Gasteiger partial charge in [0.15, 0.2) is 0 Å². The van der Waals surface area contributed by atoms with Crippen LogP contribution in [0.15, 0.2) is 26.1 Å². The van der Waals surface area contributed by atoms with E-state index >= 15 is 0 Å². The molecule has 18 heavy (non-hydrogen) atoms. The van der Waals surface area contributed by atoms with Gasteiger partial charge in [0.1, 0.15) is 5.75 Å². The van der Waals surface area contributed by atoms with Crippen molar-refractivity contribution in [3.8, 4) is 5.75 Å². The Morgan fingerprint density at radius 2 is 2.00 bits per heavy atom. The van der Waals surface area contributed by atoms with Crippen molar-refractivity contribution in [2.24, 2.45) is 10.8 Å². The van der Waals surface area contributed by atoms with Crippen LogP contribution in [0.25, 0.3) is 0 Å². The summed E-state index contributed by atoms with van der Waals surface area (Å²) in [4.78, 5) is 4.31. The maximum absolute atomic E-state index is 5.42. The number of nitrogens with two attached hydrogens (primary N) is 1. The second kappa shape index (κ2) is 6.96. The summed E-state index contributed by atoms with van der Waals surface area (Å²) in [6, 6.07) is 3.88. The van der Waals surface area contributed by atoms with Crippen molar-refractivity contribution in [2.45, 2.75) is 19.9 Å². The molecule has 1 rings (SSSR count). The molecule has 1 aromatic rings. The Bertz CT molecular complexity index is 449. The van der Waals surface area contributed by atoms with E-state index in [9.17, 15) is 0 Å². The molecule has 0 amide bonds. The van der Waals surface area contributed by atoms with Crippen LogP contribution in [0, 0.1) is 0 Å². The van der Waals surface area contributed by atoms with Crippen LogP contribution in [0.2, 0.25) is 0 Å². The van der Waals surface area contributed by atoms with Crippen LogP contribution in [-0.4, -0.2) is 19.1 Å². The lowest BCUT2D eigenvalue weighted by atomic mass is 10.3. The molecule has 0 atom stereocenters. The third kappa shape index (κ3) is 4.15. The molecule has 0 saturated carbocycles. The van der Waals surface area contributed by atoms with Crippen LogP contribution < -0.4 is 21.3 Å². The molecule has 0 aliphatic heterocycles. The lowest BCUT2D eigenvalue weighted by Crippen LogP contribution is -2.37. The number of hydrogen-bond acceptors (Lipinski definition) is 3. The van der Waals surface area contributed by atoms with E-state index in [2.05, 4.69) is 47.6 Å². The molecule has 100 valence electrons. The monoisotopic (exact) mass is 378 g/mol. The number of nitrogens with zero attached hydrogens (tertiary/aromatic N) is 1. The van der Waals surface area contributed by atoms with E-state index in [1.54, 1.807) is 7.11 Å².